The van der Waals surface area contributed by atoms with E-state index in [1.165, 1.54) is 0 Å². The largest absolute Gasteiger partial charge is 0.481 e. The van der Waals surface area contributed by atoms with Crippen molar-refractivity contribution in [1.82, 2.24) is 10.2 Å². The Hall–Kier alpha value is -1.26. The fourth-order valence-electron chi connectivity index (χ4n) is 2.61. The lowest BCUT2D eigenvalue weighted by Crippen LogP contribution is -2.49. The van der Waals surface area contributed by atoms with Crippen LogP contribution in [0.15, 0.2) is 0 Å². The van der Waals surface area contributed by atoms with Gasteiger partial charge in [0, 0.05) is 18.6 Å². The highest BCUT2D eigenvalue weighted by molar-refractivity contribution is 5.75. The molecule has 0 spiro atoms. The summed E-state index contributed by atoms with van der Waals surface area (Å²) in [5.74, 6) is -0.872. The standard InChI is InChI=1S/C15H28N2O3/c1-11(2)17(10-7-13(18)19)14(20)16-12-5-8-15(3,4)9-6-12/h11-12H,5-10H2,1-4H3,(H,16,20)(H,18,19). The number of nitrogens with zero attached hydrogens (tertiary/aromatic N) is 1. The molecule has 0 heterocycles. The molecule has 1 fully saturated rings. The van der Waals surface area contributed by atoms with Gasteiger partial charge in [-0.15, -0.1) is 0 Å². The zero-order valence-corrected chi connectivity index (χ0v) is 13.1. The number of carboxylic acid groups (broad SMARTS) is 1. The molecule has 5 nitrogen and oxygen atoms in total. The molecule has 1 aliphatic carbocycles. The van der Waals surface area contributed by atoms with Crippen LogP contribution >= 0.6 is 0 Å². The van der Waals surface area contributed by atoms with Gasteiger partial charge in [-0.1, -0.05) is 13.8 Å². The first kappa shape index (κ1) is 16.8. The molecule has 20 heavy (non-hydrogen) atoms. The summed E-state index contributed by atoms with van der Waals surface area (Å²) in [6, 6.07) is 0.0990. The highest BCUT2D eigenvalue weighted by Gasteiger charge is 2.29. The lowest BCUT2D eigenvalue weighted by Gasteiger charge is -2.36. The average molecular weight is 284 g/mol. The first-order valence-corrected chi connectivity index (χ1v) is 7.50. The van der Waals surface area contributed by atoms with Gasteiger partial charge in [0.05, 0.1) is 6.42 Å². The van der Waals surface area contributed by atoms with E-state index in [1.54, 1.807) is 4.90 Å². The zero-order chi connectivity index (χ0) is 15.3. The number of carbonyl (C=O) groups excluding carboxylic acids is 1. The molecule has 116 valence electrons. The fraction of sp³-hybridized carbons (Fsp3) is 0.867. The SMILES string of the molecule is CC(C)N(CCC(=O)O)C(=O)NC1CCC(C)(C)CC1. The summed E-state index contributed by atoms with van der Waals surface area (Å²) in [4.78, 5) is 24.5. The smallest absolute Gasteiger partial charge is 0.317 e. The minimum Gasteiger partial charge on any atom is -0.481 e. The number of rotatable bonds is 5. The lowest BCUT2D eigenvalue weighted by atomic mass is 9.75. The van der Waals surface area contributed by atoms with Crippen LogP contribution in [0.1, 0.15) is 59.8 Å². The summed E-state index contributed by atoms with van der Waals surface area (Å²) >= 11 is 0. The van der Waals surface area contributed by atoms with Crippen LogP contribution in [0.3, 0.4) is 0 Å². The molecule has 2 amide bonds. The van der Waals surface area contributed by atoms with Crippen molar-refractivity contribution < 1.29 is 14.7 Å². The summed E-state index contributed by atoms with van der Waals surface area (Å²) in [7, 11) is 0. The van der Waals surface area contributed by atoms with Gasteiger partial charge in [-0.3, -0.25) is 4.79 Å². The van der Waals surface area contributed by atoms with Crippen molar-refractivity contribution in [1.29, 1.82) is 0 Å². The second-order valence-electron chi connectivity index (χ2n) is 6.82. The van der Waals surface area contributed by atoms with Gasteiger partial charge in [0.2, 0.25) is 0 Å². The first-order valence-electron chi connectivity index (χ1n) is 7.50. The molecule has 0 radical (unpaired) electrons. The second-order valence-corrected chi connectivity index (χ2v) is 6.82. The number of aliphatic carboxylic acids is 1. The highest BCUT2D eigenvalue weighted by atomic mass is 16.4. The summed E-state index contributed by atoms with van der Waals surface area (Å²) in [6.07, 6.45) is 4.24. The van der Waals surface area contributed by atoms with E-state index in [9.17, 15) is 9.59 Å². The number of urea groups is 1. The molecule has 0 atom stereocenters. The fourth-order valence-corrected chi connectivity index (χ4v) is 2.61. The van der Waals surface area contributed by atoms with Gasteiger partial charge in [-0.2, -0.15) is 0 Å². The van der Waals surface area contributed by atoms with Crippen LogP contribution in [-0.2, 0) is 4.79 Å². The Bertz CT molecular complexity index is 343. The van der Waals surface area contributed by atoms with Gasteiger partial charge in [0.15, 0.2) is 0 Å². The Kier molecular flexibility index (Phi) is 5.84. The molecule has 0 unspecified atom stereocenters. The van der Waals surface area contributed by atoms with Crippen LogP contribution in [0.2, 0.25) is 0 Å². The van der Waals surface area contributed by atoms with Crippen LogP contribution in [0.25, 0.3) is 0 Å². The third-order valence-corrected chi connectivity index (χ3v) is 4.12. The third-order valence-electron chi connectivity index (χ3n) is 4.12. The maximum absolute atomic E-state index is 12.2. The number of carboxylic acids is 1. The normalized spacial score (nSPS) is 18.9. The maximum atomic E-state index is 12.2. The van der Waals surface area contributed by atoms with Crippen molar-refractivity contribution in [3.63, 3.8) is 0 Å². The van der Waals surface area contributed by atoms with Crippen molar-refractivity contribution in [3.8, 4) is 0 Å². The van der Waals surface area contributed by atoms with Crippen molar-refractivity contribution >= 4 is 12.0 Å². The van der Waals surface area contributed by atoms with E-state index in [2.05, 4.69) is 19.2 Å². The summed E-state index contributed by atoms with van der Waals surface area (Å²) in [5, 5.41) is 11.8. The van der Waals surface area contributed by atoms with Gasteiger partial charge in [0.25, 0.3) is 0 Å². The van der Waals surface area contributed by atoms with Gasteiger partial charge in [-0.25, -0.2) is 4.79 Å². The van der Waals surface area contributed by atoms with Crippen molar-refractivity contribution in [2.75, 3.05) is 6.54 Å². The van der Waals surface area contributed by atoms with E-state index < -0.39 is 5.97 Å². The molecule has 0 aromatic carbocycles. The predicted octanol–water partition coefficient (Wildman–Crippen LogP) is 2.85. The molecule has 0 bridgehead atoms. The zero-order valence-electron chi connectivity index (χ0n) is 13.1. The molecule has 5 heteroatoms. The van der Waals surface area contributed by atoms with E-state index in [-0.39, 0.29) is 31.1 Å². The molecule has 0 aromatic heterocycles. The molecule has 0 aliphatic heterocycles. The second kappa shape index (κ2) is 6.95. The number of hydrogen-bond acceptors (Lipinski definition) is 2. The Labute approximate surface area is 121 Å². The number of carbonyl (C=O) groups is 2. The molecular formula is C15H28N2O3. The summed E-state index contributed by atoms with van der Waals surface area (Å²) in [6.45, 7) is 8.60. The van der Waals surface area contributed by atoms with Gasteiger partial charge < -0.3 is 15.3 Å². The highest BCUT2D eigenvalue weighted by Crippen LogP contribution is 2.35. The molecule has 1 saturated carbocycles. The predicted molar refractivity (Wildman–Crippen MR) is 78.7 cm³/mol. The third kappa shape index (κ3) is 5.39. The van der Waals surface area contributed by atoms with Crippen LogP contribution in [0.4, 0.5) is 4.79 Å². The first-order chi connectivity index (χ1) is 9.21. The van der Waals surface area contributed by atoms with Gasteiger partial charge in [0.1, 0.15) is 0 Å². The summed E-state index contributed by atoms with van der Waals surface area (Å²) < 4.78 is 0. The Balaban J connectivity index is 2.48. The molecule has 0 aromatic rings. The molecule has 2 N–H and O–H groups in total. The van der Waals surface area contributed by atoms with Crippen molar-refractivity contribution in [3.05, 3.63) is 0 Å². The number of nitrogens with one attached hydrogen (secondary N) is 1. The van der Waals surface area contributed by atoms with Crippen molar-refractivity contribution in [2.45, 2.75) is 71.9 Å². The van der Waals surface area contributed by atoms with E-state index in [0.717, 1.165) is 25.7 Å². The summed E-state index contributed by atoms with van der Waals surface area (Å²) in [5.41, 5.74) is 0.377. The quantitative estimate of drug-likeness (QED) is 0.815. The van der Waals surface area contributed by atoms with Crippen LogP contribution < -0.4 is 5.32 Å². The van der Waals surface area contributed by atoms with Crippen LogP contribution in [-0.4, -0.2) is 40.6 Å². The van der Waals surface area contributed by atoms with E-state index in [4.69, 9.17) is 5.11 Å². The molecular weight excluding hydrogens is 256 g/mol. The van der Waals surface area contributed by atoms with E-state index in [1.807, 2.05) is 13.8 Å². The maximum Gasteiger partial charge on any atom is 0.317 e. The minimum atomic E-state index is -0.872. The Morgan fingerprint density at radius 2 is 1.85 bits per heavy atom. The van der Waals surface area contributed by atoms with Gasteiger partial charge in [-0.05, 0) is 44.9 Å². The number of hydrogen-bond donors (Lipinski definition) is 2. The molecule has 0 saturated heterocycles. The molecule has 1 aliphatic rings. The van der Waals surface area contributed by atoms with Crippen molar-refractivity contribution in [2.24, 2.45) is 5.41 Å². The van der Waals surface area contributed by atoms with E-state index >= 15 is 0 Å². The Morgan fingerprint density at radius 3 is 2.30 bits per heavy atom. The van der Waals surface area contributed by atoms with Crippen LogP contribution in [0.5, 0.6) is 0 Å². The average Bonchev–Trinajstić information content (AvgIpc) is 2.31. The topological polar surface area (TPSA) is 69.6 Å². The monoisotopic (exact) mass is 284 g/mol. The van der Waals surface area contributed by atoms with E-state index in [0.29, 0.717) is 5.41 Å². The lowest BCUT2D eigenvalue weighted by molar-refractivity contribution is -0.137. The van der Waals surface area contributed by atoms with Crippen LogP contribution in [0, 0.1) is 5.41 Å². The minimum absolute atomic E-state index is 0.00869. The molecule has 1 rings (SSSR count). The Morgan fingerprint density at radius 1 is 1.30 bits per heavy atom. The number of amides is 2. The van der Waals surface area contributed by atoms with Gasteiger partial charge >= 0.3 is 12.0 Å².